The number of amides is 1. The fraction of sp³-hybridized carbons (Fsp3) is 0.500. The molecule has 3 heterocycles. The third kappa shape index (κ3) is 2.89. The molecule has 3 aliphatic rings. The van der Waals surface area contributed by atoms with Gasteiger partial charge in [0, 0.05) is 35.5 Å². The van der Waals surface area contributed by atoms with Gasteiger partial charge in [-0.15, -0.1) is 0 Å². The maximum atomic E-state index is 12.9. The van der Waals surface area contributed by atoms with Crippen molar-refractivity contribution in [3.05, 3.63) is 47.4 Å². The van der Waals surface area contributed by atoms with Crippen LogP contribution in [0.4, 0.5) is 11.5 Å². The summed E-state index contributed by atoms with van der Waals surface area (Å²) in [5.41, 5.74) is 3.33. The van der Waals surface area contributed by atoms with Crippen molar-refractivity contribution >= 4 is 17.4 Å². The van der Waals surface area contributed by atoms with E-state index in [1.807, 2.05) is 32.0 Å². The van der Waals surface area contributed by atoms with Gasteiger partial charge in [-0.3, -0.25) is 4.79 Å². The van der Waals surface area contributed by atoms with E-state index in [9.17, 15) is 4.79 Å². The van der Waals surface area contributed by atoms with Crippen molar-refractivity contribution in [1.29, 1.82) is 0 Å². The fourth-order valence-corrected chi connectivity index (χ4v) is 4.54. The van der Waals surface area contributed by atoms with Crippen LogP contribution in [0.2, 0.25) is 0 Å². The molecule has 1 aromatic heterocycles. The lowest BCUT2D eigenvalue weighted by Crippen LogP contribution is -2.44. The van der Waals surface area contributed by atoms with Crippen LogP contribution in [0.5, 0.6) is 0 Å². The first-order valence-electron chi connectivity index (χ1n) is 10.2. The smallest absolute Gasteiger partial charge is 0.225 e. The first kappa shape index (κ1) is 16.7. The minimum Gasteiger partial charge on any atom is -0.340 e. The van der Waals surface area contributed by atoms with E-state index < -0.39 is 0 Å². The van der Waals surface area contributed by atoms with Gasteiger partial charge in [0.1, 0.15) is 11.6 Å². The fourth-order valence-electron chi connectivity index (χ4n) is 4.54. The zero-order valence-electron chi connectivity index (χ0n) is 16.0. The molecule has 5 heteroatoms. The van der Waals surface area contributed by atoms with Crippen molar-refractivity contribution in [3.8, 4) is 0 Å². The molecule has 2 aromatic rings. The number of aromatic nitrogens is 2. The van der Waals surface area contributed by atoms with E-state index in [1.54, 1.807) is 0 Å². The van der Waals surface area contributed by atoms with Gasteiger partial charge >= 0.3 is 0 Å². The number of nitrogens with zero attached hydrogens (tertiary/aromatic N) is 3. The molecule has 1 aliphatic carbocycles. The predicted octanol–water partition coefficient (Wildman–Crippen LogP) is 4.34. The van der Waals surface area contributed by atoms with E-state index >= 15 is 0 Å². The summed E-state index contributed by atoms with van der Waals surface area (Å²) in [6.45, 7) is 3.99. The molecule has 0 unspecified atom stereocenters. The minimum absolute atomic E-state index is 0.0202. The van der Waals surface area contributed by atoms with E-state index in [2.05, 4.69) is 22.3 Å². The van der Waals surface area contributed by atoms with Gasteiger partial charge in [0.25, 0.3) is 0 Å². The van der Waals surface area contributed by atoms with Crippen molar-refractivity contribution in [1.82, 2.24) is 14.9 Å². The Bertz CT molecular complexity index is 875. The number of nitrogens with one attached hydrogen (secondary N) is 1. The molecular weight excluding hydrogens is 336 g/mol. The van der Waals surface area contributed by atoms with Gasteiger partial charge in [-0.2, -0.15) is 0 Å². The number of carbonyl (C=O) groups is 1. The van der Waals surface area contributed by atoms with Crippen molar-refractivity contribution in [2.45, 2.75) is 64.0 Å². The van der Waals surface area contributed by atoms with Gasteiger partial charge in [0.2, 0.25) is 5.91 Å². The summed E-state index contributed by atoms with van der Waals surface area (Å²) < 4.78 is 0. The second-order valence-electron chi connectivity index (χ2n) is 8.41. The van der Waals surface area contributed by atoms with Crippen molar-refractivity contribution in [2.24, 2.45) is 5.92 Å². The minimum atomic E-state index is 0.0202. The van der Waals surface area contributed by atoms with E-state index in [0.717, 1.165) is 47.8 Å². The Morgan fingerprint density at radius 1 is 1.11 bits per heavy atom. The quantitative estimate of drug-likeness (QED) is 0.879. The van der Waals surface area contributed by atoms with Crippen molar-refractivity contribution in [2.75, 3.05) is 5.32 Å². The number of carbonyl (C=O) groups excluding carboxylic acids is 1. The van der Waals surface area contributed by atoms with Gasteiger partial charge in [-0.1, -0.05) is 32.0 Å². The average Bonchev–Trinajstić information content (AvgIpc) is 3.46. The molecule has 1 saturated carbocycles. The summed E-state index contributed by atoms with van der Waals surface area (Å²) in [4.78, 5) is 24.9. The molecule has 0 radical (unpaired) electrons. The Morgan fingerprint density at radius 2 is 1.89 bits per heavy atom. The number of para-hydroxylation sites is 1. The highest BCUT2D eigenvalue weighted by Gasteiger charge is 2.45. The van der Waals surface area contributed by atoms with Crippen LogP contribution in [0.1, 0.15) is 68.6 Å². The van der Waals surface area contributed by atoms with E-state index in [-0.39, 0.29) is 17.9 Å². The molecule has 2 aliphatic heterocycles. The lowest BCUT2D eigenvalue weighted by molar-refractivity contribution is -0.138. The largest absolute Gasteiger partial charge is 0.340 e. The number of fused-ring (bicyclic) bond motifs is 4. The Hall–Kier alpha value is -2.43. The molecule has 2 bridgehead atoms. The molecule has 2 atom stereocenters. The third-order valence-electron chi connectivity index (χ3n) is 6.03. The first-order chi connectivity index (χ1) is 13.1. The molecule has 1 aromatic carbocycles. The number of hydrogen-bond acceptors (Lipinski definition) is 4. The highest BCUT2D eigenvalue weighted by Crippen LogP contribution is 2.48. The Kier molecular flexibility index (Phi) is 3.92. The number of benzene rings is 1. The van der Waals surface area contributed by atoms with Gasteiger partial charge < -0.3 is 10.2 Å². The molecule has 1 N–H and O–H groups in total. The summed E-state index contributed by atoms with van der Waals surface area (Å²) in [7, 11) is 0. The van der Waals surface area contributed by atoms with Crippen LogP contribution >= 0.6 is 0 Å². The molecule has 2 fully saturated rings. The molecular formula is C22H26N4O. The standard InChI is InChI=1S/C22H26N4O/c1-13(2)22(27)26-16-10-11-18(26)19-17(12-16)24-20(14-8-9-14)25-21(19)23-15-6-4-3-5-7-15/h3-7,13-14,16,18H,8-12H2,1-2H3,(H,23,24,25)/t16-,18-/m0/s1. The Balaban J connectivity index is 1.59. The average molecular weight is 362 g/mol. The number of hydrogen-bond donors (Lipinski definition) is 1. The highest BCUT2D eigenvalue weighted by atomic mass is 16.2. The SMILES string of the molecule is CC(C)C(=O)N1[C@H]2CC[C@H]1c1c(nc(C3CC3)nc1Nc1ccccc1)C2. The van der Waals surface area contributed by atoms with Gasteiger partial charge in [-0.25, -0.2) is 9.97 Å². The maximum Gasteiger partial charge on any atom is 0.225 e. The van der Waals surface area contributed by atoms with Crippen LogP contribution in [-0.4, -0.2) is 26.8 Å². The Morgan fingerprint density at radius 3 is 2.59 bits per heavy atom. The third-order valence-corrected chi connectivity index (χ3v) is 6.03. The Labute approximate surface area is 160 Å². The normalized spacial score (nSPS) is 23.4. The summed E-state index contributed by atoms with van der Waals surface area (Å²) in [6.07, 6.45) is 5.30. The van der Waals surface area contributed by atoms with Crippen LogP contribution in [0.3, 0.4) is 0 Å². The van der Waals surface area contributed by atoms with Crippen LogP contribution in [0.15, 0.2) is 30.3 Å². The second kappa shape index (κ2) is 6.32. The van der Waals surface area contributed by atoms with Crippen LogP contribution in [-0.2, 0) is 11.2 Å². The maximum absolute atomic E-state index is 12.9. The van der Waals surface area contributed by atoms with Crippen LogP contribution in [0.25, 0.3) is 0 Å². The van der Waals surface area contributed by atoms with Crippen LogP contribution in [0, 0.1) is 5.92 Å². The molecule has 0 spiro atoms. The summed E-state index contributed by atoms with van der Waals surface area (Å²) >= 11 is 0. The lowest BCUT2D eigenvalue weighted by Gasteiger charge is -2.38. The predicted molar refractivity (Wildman–Crippen MR) is 105 cm³/mol. The van der Waals surface area contributed by atoms with Crippen molar-refractivity contribution < 1.29 is 4.79 Å². The van der Waals surface area contributed by atoms with Crippen molar-refractivity contribution in [3.63, 3.8) is 0 Å². The molecule has 140 valence electrons. The summed E-state index contributed by atoms with van der Waals surface area (Å²) in [5, 5.41) is 3.54. The summed E-state index contributed by atoms with van der Waals surface area (Å²) in [5.74, 6) is 2.67. The van der Waals surface area contributed by atoms with Gasteiger partial charge in [-0.05, 0) is 37.8 Å². The topological polar surface area (TPSA) is 58.1 Å². The highest BCUT2D eigenvalue weighted by molar-refractivity contribution is 5.80. The molecule has 5 nitrogen and oxygen atoms in total. The zero-order chi connectivity index (χ0) is 18.5. The molecule has 1 amide bonds. The zero-order valence-corrected chi connectivity index (χ0v) is 16.0. The van der Waals surface area contributed by atoms with E-state index in [1.165, 1.54) is 12.8 Å². The molecule has 1 saturated heterocycles. The monoisotopic (exact) mass is 362 g/mol. The van der Waals surface area contributed by atoms with E-state index in [4.69, 9.17) is 9.97 Å². The lowest BCUT2D eigenvalue weighted by atomic mass is 9.96. The second-order valence-corrected chi connectivity index (χ2v) is 8.41. The first-order valence-corrected chi connectivity index (χ1v) is 10.2. The van der Waals surface area contributed by atoms with E-state index in [0.29, 0.717) is 12.0 Å². The van der Waals surface area contributed by atoms with Crippen LogP contribution < -0.4 is 5.32 Å². The molecule has 5 rings (SSSR count). The molecule has 27 heavy (non-hydrogen) atoms. The van der Waals surface area contributed by atoms with Gasteiger partial charge in [0.15, 0.2) is 0 Å². The number of rotatable bonds is 4. The van der Waals surface area contributed by atoms with Gasteiger partial charge in [0.05, 0.1) is 11.7 Å². The number of anilines is 2. The summed E-state index contributed by atoms with van der Waals surface area (Å²) in [6, 6.07) is 10.6.